The molecule has 0 aromatic carbocycles. The molecule has 0 saturated heterocycles. The fraction of sp³-hybridized carbons (Fsp3) is 0.778. The van der Waals surface area contributed by atoms with E-state index in [0.717, 1.165) is 12.3 Å². The molecule has 0 unspecified atom stereocenters. The Hall–Kier alpha value is 0.0400. The molecule has 0 aromatic rings. The van der Waals surface area contributed by atoms with Crippen molar-refractivity contribution in [2.24, 2.45) is 5.92 Å². The Morgan fingerprint density at radius 1 is 1.30 bits per heavy atom. The molecule has 1 heteroatoms. The summed E-state index contributed by atoms with van der Waals surface area (Å²) >= 11 is 3.10. The summed E-state index contributed by atoms with van der Waals surface area (Å²) in [5.74, 6) is 4.04. The lowest BCUT2D eigenvalue weighted by Crippen LogP contribution is -1.90. The molecule has 0 spiro atoms. The molecule has 0 N–H and O–H groups in total. The third kappa shape index (κ3) is 2.75. The van der Waals surface area contributed by atoms with Crippen molar-refractivity contribution in [1.29, 1.82) is 0 Å². The Morgan fingerprint density at radius 2 is 2.00 bits per heavy atom. The molecule has 0 aromatic heterocycles. The van der Waals surface area contributed by atoms with Crippen LogP contribution in [0.25, 0.3) is 0 Å². The predicted molar refractivity (Wildman–Crippen MR) is 47.9 cm³/mol. The van der Waals surface area contributed by atoms with Crippen molar-refractivity contribution in [2.75, 3.05) is 0 Å². The van der Waals surface area contributed by atoms with E-state index in [-0.39, 0.29) is 0 Å². The Balaban J connectivity index is 2.05. The van der Waals surface area contributed by atoms with Gasteiger partial charge in [0.2, 0.25) is 0 Å². The van der Waals surface area contributed by atoms with Crippen LogP contribution in [0.5, 0.6) is 0 Å². The molecular weight excluding hydrogens is 188 g/mol. The van der Waals surface area contributed by atoms with Crippen LogP contribution in [-0.4, -0.2) is 0 Å². The predicted octanol–water partition coefficient (Wildman–Crippen LogP) is 3.31. The van der Waals surface area contributed by atoms with Crippen molar-refractivity contribution in [2.45, 2.75) is 38.5 Å². The van der Waals surface area contributed by atoms with Gasteiger partial charge >= 0.3 is 0 Å². The Kier molecular flexibility index (Phi) is 3.90. The van der Waals surface area contributed by atoms with Crippen molar-refractivity contribution >= 4 is 15.9 Å². The molecule has 10 heavy (non-hydrogen) atoms. The number of rotatable bonds is 2. The summed E-state index contributed by atoms with van der Waals surface area (Å²) in [6.45, 7) is 0. The van der Waals surface area contributed by atoms with E-state index in [1.807, 2.05) is 0 Å². The first kappa shape index (κ1) is 8.14. The molecule has 0 bridgehead atoms. The first-order valence-electron chi connectivity index (χ1n) is 4.02. The van der Waals surface area contributed by atoms with Gasteiger partial charge in [0.05, 0.1) is 0 Å². The molecule has 0 heterocycles. The van der Waals surface area contributed by atoms with Crippen LogP contribution in [0, 0.1) is 16.7 Å². The minimum atomic E-state index is 0.994. The van der Waals surface area contributed by atoms with Crippen LogP contribution >= 0.6 is 15.9 Å². The minimum Gasteiger partial charge on any atom is -0.0908 e. The van der Waals surface area contributed by atoms with E-state index in [0.29, 0.717) is 0 Å². The van der Waals surface area contributed by atoms with Crippen molar-refractivity contribution in [1.82, 2.24) is 0 Å². The maximum absolute atomic E-state index is 3.10. The largest absolute Gasteiger partial charge is 0.0908 e. The van der Waals surface area contributed by atoms with E-state index in [1.54, 1.807) is 0 Å². The normalized spacial score (nSPS) is 18.5. The second-order valence-corrected chi connectivity index (χ2v) is 3.36. The highest BCUT2D eigenvalue weighted by molar-refractivity contribution is 9.12. The van der Waals surface area contributed by atoms with Crippen LogP contribution in [0.2, 0.25) is 0 Å². The van der Waals surface area contributed by atoms with E-state index in [2.05, 4.69) is 26.7 Å². The van der Waals surface area contributed by atoms with Gasteiger partial charge in [0.25, 0.3) is 0 Å². The Bertz CT molecular complexity index is 135. The van der Waals surface area contributed by atoms with Gasteiger partial charge in [-0.05, 0) is 17.2 Å². The molecule has 0 atom stereocenters. The summed E-state index contributed by atoms with van der Waals surface area (Å²) in [5, 5.41) is 0. The van der Waals surface area contributed by atoms with Gasteiger partial charge in [0, 0.05) is 22.4 Å². The van der Waals surface area contributed by atoms with Gasteiger partial charge in [0.1, 0.15) is 0 Å². The highest BCUT2D eigenvalue weighted by Crippen LogP contribution is 2.28. The van der Waals surface area contributed by atoms with Crippen molar-refractivity contribution in [3.05, 3.63) is 0 Å². The van der Waals surface area contributed by atoms with Gasteiger partial charge in [0.15, 0.2) is 0 Å². The van der Waals surface area contributed by atoms with Gasteiger partial charge in [-0.3, -0.25) is 0 Å². The molecule has 0 amide bonds. The Labute approximate surface area is 71.5 Å². The van der Waals surface area contributed by atoms with Crippen molar-refractivity contribution < 1.29 is 0 Å². The highest BCUT2D eigenvalue weighted by atomic mass is 79.9. The third-order valence-electron chi connectivity index (χ3n) is 2.22. The SMILES string of the molecule is BrC#CCCC1CCCC1. The number of hydrogen-bond donors (Lipinski definition) is 0. The molecular formula is C9H13Br. The number of hydrogen-bond acceptors (Lipinski definition) is 0. The lowest BCUT2D eigenvalue weighted by molar-refractivity contribution is 0.512. The topological polar surface area (TPSA) is 0 Å². The number of halogens is 1. The van der Waals surface area contributed by atoms with Gasteiger partial charge in [-0.15, -0.1) is 0 Å². The molecule has 1 aliphatic rings. The quantitative estimate of drug-likeness (QED) is 0.601. The molecule has 1 aliphatic carbocycles. The van der Waals surface area contributed by atoms with Gasteiger partial charge in [-0.2, -0.15) is 0 Å². The zero-order chi connectivity index (χ0) is 7.23. The highest BCUT2D eigenvalue weighted by Gasteiger charge is 2.13. The second-order valence-electron chi connectivity index (χ2n) is 2.96. The van der Waals surface area contributed by atoms with Gasteiger partial charge in [-0.25, -0.2) is 0 Å². The molecule has 0 radical (unpaired) electrons. The van der Waals surface area contributed by atoms with Crippen LogP contribution in [0.15, 0.2) is 0 Å². The summed E-state index contributed by atoms with van der Waals surface area (Å²) in [7, 11) is 0. The van der Waals surface area contributed by atoms with Crippen LogP contribution in [-0.2, 0) is 0 Å². The maximum Gasteiger partial charge on any atom is 0.0106 e. The fourth-order valence-electron chi connectivity index (χ4n) is 1.62. The Morgan fingerprint density at radius 3 is 2.60 bits per heavy atom. The van der Waals surface area contributed by atoms with Crippen LogP contribution in [0.3, 0.4) is 0 Å². The average Bonchev–Trinajstić information content (AvgIpc) is 2.41. The molecule has 0 nitrogen and oxygen atoms in total. The fourth-order valence-corrected chi connectivity index (χ4v) is 1.82. The summed E-state index contributed by atoms with van der Waals surface area (Å²) in [6.07, 6.45) is 8.20. The lowest BCUT2D eigenvalue weighted by Gasteiger charge is -2.03. The van der Waals surface area contributed by atoms with Crippen LogP contribution < -0.4 is 0 Å². The molecule has 1 rings (SSSR count). The first-order valence-corrected chi connectivity index (χ1v) is 4.81. The molecule has 0 aliphatic heterocycles. The van der Waals surface area contributed by atoms with Gasteiger partial charge in [-0.1, -0.05) is 31.6 Å². The second kappa shape index (κ2) is 4.79. The van der Waals surface area contributed by atoms with Crippen LogP contribution in [0.1, 0.15) is 38.5 Å². The van der Waals surface area contributed by atoms with Crippen LogP contribution in [0.4, 0.5) is 0 Å². The monoisotopic (exact) mass is 200 g/mol. The molecule has 56 valence electrons. The average molecular weight is 201 g/mol. The zero-order valence-electron chi connectivity index (χ0n) is 6.20. The van der Waals surface area contributed by atoms with E-state index < -0.39 is 0 Å². The standard InChI is InChI=1S/C9H13Br/c10-8-4-3-7-9-5-1-2-6-9/h9H,1-3,5-7H2. The van der Waals surface area contributed by atoms with Crippen molar-refractivity contribution in [3.63, 3.8) is 0 Å². The summed E-state index contributed by atoms with van der Waals surface area (Å²) < 4.78 is 0. The summed E-state index contributed by atoms with van der Waals surface area (Å²) in [4.78, 5) is 2.75. The van der Waals surface area contributed by atoms with E-state index in [4.69, 9.17) is 0 Å². The molecule has 1 saturated carbocycles. The van der Waals surface area contributed by atoms with Crippen molar-refractivity contribution in [3.8, 4) is 10.8 Å². The third-order valence-corrected chi connectivity index (χ3v) is 2.50. The van der Waals surface area contributed by atoms with E-state index >= 15 is 0 Å². The zero-order valence-corrected chi connectivity index (χ0v) is 7.78. The minimum absolute atomic E-state index is 0.994. The molecule has 1 fully saturated rings. The summed E-state index contributed by atoms with van der Waals surface area (Å²) in [6, 6.07) is 0. The summed E-state index contributed by atoms with van der Waals surface area (Å²) in [5.41, 5.74) is 0. The smallest absolute Gasteiger partial charge is 0.0106 e. The lowest BCUT2D eigenvalue weighted by atomic mass is 10.0. The maximum atomic E-state index is 3.10. The van der Waals surface area contributed by atoms with Gasteiger partial charge < -0.3 is 0 Å². The van der Waals surface area contributed by atoms with E-state index in [9.17, 15) is 0 Å². The van der Waals surface area contributed by atoms with E-state index in [1.165, 1.54) is 32.1 Å². The first-order chi connectivity index (χ1) is 4.93.